The van der Waals surface area contributed by atoms with E-state index in [0.29, 0.717) is 10.2 Å². The topological polar surface area (TPSA) is 42.4 Å². The van der Waals surface area contributed by atoms with Crippen molar-refractivity contribution in [2.45, 2.75) is 19.3 Å². The second-order valence-corrected chi connectivity index (χ2v) is 7.82. The Bertz CT molecular complexity index is 1220. The van der Waals surface area contributed by atoms with Crippen LogP contribution in [0.5, 0.6) is 11.5 Å². The zero-order valence-corrected chi connectivity index (χ0v) is 16.5. The first kappa shape index (κ1) is 16.6. The molecule has 1 heterocycles. The van der Waals surface area contributed by atoms with Crippen LogP contribution in [0.2, 0.25) is 0 Å². The monoisotopic (exact) mass is 419 g/mol. The minimum absolute atomic E-state index is 0.115. The second kappa shape index (κ2) is 6.24. The van der Waals surface area contributed by atoms with Gasteiger partial charge in [0.2, 0.25) is 0 Å². The van der Waals surface area contributed by atoms with Gasteiger partial charge in [-0.05, 0) is 75.3 Å². The van der Waals surface area contributed by atoms with Crippen molar-refractivity contribution in [3.63, 3.8) is 0 Å². The van der Waals surface area contributed by atoms with E-state index in [1.54, 1.807) is 7.11 Å². The number of methoxy groups -OCH3 is 1. The molecule has 0 bridgehead atoms. The van der Waals surface area contributed by atoms with E-state index >= 15 is 0 Å². The van der Waals surface area contributed by atoms with Crippen molar-refractivity contribution >= 4 is 37.6 Å². The molecule has 3 nitrogen and oxygen atoms in total. The number of hydrogen-bond acceptors (Lipinski definition) is 3. The average Bonchev–Trinajstić information content (AvgIpc) is 3.18. The van der Waals surface area contributed by atoms with Crippen LogP contribution in [0.15, 0.2) is 53.0 Å². The molecule has 0 radical (unpaired) electrons. The third-order valence-electron chi connectivity index (χ3n) is 5.47. The molecular weight excluding hydrogens is 402 g/mol. The Hall–Kier alpha value is -2.59. The molecule has 3 aromatic carbocycles. The molecule has 0 aliphatic heterocycles. The predicted molar refractivity (Wildman–Crippen MR) is 113 cm³/mol. The SMILES string of the molecule is COc1cc(-c2nc3ccc4ccccc4c3c3c2CCC3)cc(Br)c1O. The van der Waals surface area contributed by atoms with Crippen LogP contribution in [-0.2, 0) is 12.8 Å². The Morgan fingerprint density at radius 1 is 1.04 bits per heavy atom. The van der Waals surface area contributed by atoms with E-state index in [-0.39, 0.29) is 5.75 Å². The molecule has 1 aliphatic carbocycles. The quantitative estimate of drug-likeness (QED) is 0.403. The van der Waals surface area contributed by atoms with E-state index in [2.05, 4.69) is 52.3 Å². The minimum Gasteiger partial charge on any atom is -0.503 e. The fourth-order valence-electron chi connectivity index (χ4n) is 4.24. The van der Waals surface area contributed by atoms with E-state index in [1.807, 2.05) is 12.1 Å². The Kier molecular flexibility index (Phi) is 3.83. The zero-order valence-electron chi connectivity index (χ0n) is 14.9. The lowest BCUT2D eigenvalue weighted by molar-refractivity contribution is 0.372. The minimum atomic E-state index is 0.115. The molecule has 4 aromatic rings. The van der Waals surface area contributed by atoms with Gasteiger partial charge in [-0.3, -0.25) is 0 Å². The van der Waals surface area contributed by atoms with Crippen molar-refractivity contribution in [1.82, 2.24) is 4.98 Å². The van der Waals surface area contributed by atoms with Crippen molar-refractivity contribution in [2.75, 3.05) is 7.11 Å². The van der Waals surface area contributed by atoms with Crippen LogP contribution in [0, 0.1) is 0 Å². The normalized spacial score (nSPS) is 13.3. The van der Waals surface area contributed by atoms with Gasteiger partial charge >= 0.3 is 0 Å². The first-order chi connectivity index (χ1) is 13.2. The lowest BCUT2D eigenvalue weighted by Gasteiger charge is -2.15. The van der Waals surface area contributed by atoms with E-state index < -0.39 is 0 Å². The van der Waals surface area contributed by atoms with Crippen LogP contribution in [0.1, 0.15) is 17.5 Å². The number of aryl methyl sites for hydroxylation is 1. The van der Waals surface area contributed by atoms with Gasteiger partial charge < -0.3 is 9.84 Å². The van der Waals surface area contributed by atoms with E-state index in [9.17, 15) is 5.11 Å². The number of ether oxygens (including phenoxy) is 1. The average molecular weight is 420 g/mol. The highest BCUT2D eigenvalue weighted by Crippen LogP contribution is 2.43. The molecule has 1 N–H and O–H groups in total. The van der Waals surface area contributed by atoms with Gasteiger partial charge in [-0.15, -0.1) is 0 Å². The van der Waals surface area contributed by atoms with Crippen molar-refractivity contribution in [2.24, 2.45) is 0 Å². The standard InChI is InChI=1S/C23H18BrNO2/c1-27-20-12-14(11-18(24)23(20)26)22-17-8-4-7-16(17)21-15-6-3-2-5-13(15)9-10-19(21)25-22/h2-3,5-6,9-12,26H,4,7-8H2,1H3. The molecule has 0 atom stereocenters. The van der Waals surface area contributed by atoms with Gasteiger partial charge in [-0.1, -0.05) is 30.3 Å². The highest BCUT2D eigenvalue weighted by Gasteiger charge is 2.23. The summed E-state index contributed by atoms with van der Waals surface area (Å²) < 4.78 is 5.96. The van der Waals surface area contributed by atoms with Crippen LogP contribution >= 0.6 is 15.9 Å². The number of benzene rings is 3. The summed E-state index contributed by atoms with van der Waals surface area (Å²) in [5.41, 5.74) is 5.70. The third kappa shape index (κ3) is 2.51. The zero-order chi connectivity index (χ0) is 18.5. The molecule has 0 unspecified atom stereocenters. The maximum absolute atomic E-state index is 10.2. The number of rotatable bonds is 2. The molecule has 4 heteroatoms. The number of halogens is 1. The van der Waals surface area contributed by atoms with Gasteiger partial charge in [0, 0.05) is 10.9 Å². The van der Waals surface area contributed by atoms with Gasteiger partial charge in [-0.2, -0.15) is 0 Å². The summed E-state index contributed by atoms with van der Waals surface area (Å²) in [6.45, 7) is 0. The molecule has 1 aromatic heterocycles. The van der Waals surface area contributed by atoms with Gasteiger partial charge in [0.1, 0.15) is 0 Å². The highest BCUT2D eigenvalue weighted by atomic mass is 79.9. The van der Waals surface area contributed by atoms with Crippen LogP contribution < -0.4 is 4.74 Å². The summed E-state index contributed by atoms with van der Waals surface area (Å²) in [5.74, 6) is 0.566. The molecular formula is C23H18BrNO2. The largest absolute Gasteiger partial charge is 0.503 e. The third-order valence-corrected chi connectivity index (χ3v) is 6.07. The maximum atomic E-state index is 10.2. The number of aromatic nitrogens is 1. The molecule has 0 fully saturated rings. The predicted octanol–water partition coefficient (Wildman–Crippen LogP) is 6.02. The number of nitrogens with zero attached hydrogens (tertiary/aromatic N) is 1. The molecule has 5 rings (SSSR count). The van der Waals surface area contributed by atoms with Crippen LogP contribution in [0.4, 0.5) is 0 Å². The van der Waals surface area contributed by atoms with Crippen LogP contribution in [0.3, 0.4) is 0 Å². The van der Waals surface area contributed by atoms with Gasteiger partial charge in [0.25, 0.3) is 0 Å². The fraction of sp³-hybridized carbons (Fsp3) is 0.174. The number of pyridine rings is 1. The Labute approximate surface area is 165 Å². The molecule has 0 saturated carbocycles. The summed E-state index contributed by atoms with van der Waals surface area (Å²) in [4.78, 5) is 5.06. The van der Waals surface area contributed by atoms with E-state index in [1.165, 1.54) is 27.3 Å². The van der Waals surface area contributed by atoms with Crippen molar-refractivity contribution < 1.29 is 9.84 Å². The van der Waals surface area contributed by atoms with Crippen LogP contribution in [-0.4, -0.2) is 17.2 Å². The Morgan fingerprint density at radius 3 is 2.70 bits per heavy atom. The Balaban J connectivity index is 1.85. The van der Waals surface area contributed by atoms with Crippen molar-refractivity contribution in [3.8, 4) is 22.8 Å². The van der Waals surface area contributed by atoms with Crippen LogP contribution in [0.25, 0.3) is 32.9 Å². The number of aromatic hydroxyl groups is 1. The molecule has 0 amide bonds. The second-order valence-electron chi connectivity index (χ2n) is 6.96. The summed E-state index contributed by atoms with van der Waals surface area (Å²) in [7, 11) is 1.57. The van der Waals surface area contributed by atoms with Gasteiger partial charge in [0.05, 0.1) is 22.8 Å². The molecule has 134 valence electrons. The number of hydrogen-bond donors (Lipinski definition) is 1. The van der Waals surface area contributed by atoms with Gasteiger partial charge in [0.15, 0.2) is 11.5 Å². The molecule has 27 heavy (non-hydrogen) atoms. The van der Waals surface area contributed by atoms with Crippen molar-refractivity contribution in [3.05, 3.63) is 64.1 Å². The molecule has 0 spiro atoms. The summed E-state index contributed by atoms with van der Waals surface area (Å²) >= 11 is 3.44. The summed E-state index contributed by atoms with van der Waals surface area (Å²) in [5, 5.41) is 14.0. The first-order valence-electron chi connectivity index (χ1n) is 9.07. The number of fused-ring (bicyclic) bond motifs is 5. The van der Waals surface area contributed by atoms with E-state index in [0.717, 1.165) is 36.0 Å². The maximum Gasteiger partial charge on any atom is 0.172 e. The Morgan fingerprint density at radius 2 is 1.85 bits per heavy atom. The van der Waals surface area contributed by atoms with Gasteiger partial charge in [-0.25, -0.2) is 4.98 Å². The fourth-order valence-corrected chi connectivity index (χ4v) is 4.69. The van der Waals surface area contributed by atoms with E-state index in [4.69, 9.17) is 9.72 Å². The smallest absolute Gasteiger partial charge is 0.172 e. The van der Waals surface area contributed by atoms with Crippen molar-refractivity contribution in [1.29, 1.82) is 0 Å². The highest BCUT2D eigenvalue weighted by molar-refractivity contribution is 9.10. The number of phenolic OH excluding ortho intramolecular Hbond substituents is 1. The number of phenols is 1. The molecule has 0 saturated heterocycles. The summed E-state index contributed by atoms with van der Waals surface area (Å²) in [6, 6.07) is 16.6. The lowest BCUT2D eigenvalue weighted by atomic mass is 9.95. The lowest BCUT2D eigenvalue weighted by Crippen LogP contribution is -1.97. The summed E-state index contributed by atoms with van der Waals surface area (Å²) in [6.07, 6.45) is 3.24. The molecule has 1 aliphatic rings. The first-order valence-corrected chi connectivity index (χ1v) is 9.87.